The van der Waals surface area contributed by atoms with Gasteiger partial charge in [-0.3, -0.25) is 0 Å². The quantitative estimate of drug-likeness (QED) is 0.908. The lowest BCUT2D eigenvalue weighted by Gasteiger charge is -2.41. The first-order valence-electron chi connectivity index (χ1n) is 8.75. The lowest BCUT2D eigenvalue weighted by Crippen LogP contribution is -2.48. The zero-order valence-electron chi connectivity index (χ0n) is 13.1. The highest BCUT2D eigenvalue weighted by atomic mass is 16.2. The Morgan fingerprint density at radius 3 is 2.86 bits per heavy atom. The van der Waals surface area contributed by atoms with Crippen LogP contribution < -0.4 is 5.32 Å². The van der Waals surface area contributed by atoms with Crippen molar-refractivity contribution in [1.29, 1.82) is 0 Å². The van der Waals surface area contributed by atoms with Crippen LogP contribution >= 0.6 is 0 Å². The SMILES string of the molecule is O=C(NCc1nnc2n1CCC2)N1CC[C@@H]2CCCC[C@@H]2C1. The Bertz CT molecular complexity index is 555. The maximum absolute atomic E-state index is 12.4. The number of carbonyl (C=O) groups excluding carboxylic acids is 1. The third kappa shape index (κ3) is 2.59. The molecule has 1 N–H and O–H groups in total. The summed E-state index contributed by atoms with van der Waals surface area (Å²) >= 11 is 0. The van der Waals surface area contributed by atoms with E-state index in [2.05, 4.69) is 20.1 Å². The van der Waals surface area contributed by atoms with Crippen LogP contribution in [-0.2, 0) is 19.5 Å². The van der Waals surface area contributed by atoms with Crippen molar-refractivity contribution < 1.29 is 4.79 Å². The molecule has 3 aliphatic rings. The second kappa shape index (κ2) is 5.89. The Balaban J connectivity index is 1.32. The number of nitrogens with zero attached hydrogens (tertiary/aromatic N) is 4. The molecule has 1 aliphatic carbocycles. The van der Waals surface area contributed by atoms with E-state index in [-0.39, 0.29) is 6.03 Å². The van der Waals surface area contributed by atoms with Crippen molar-refractivity contribution in [3.63, 3.8) is 0 Å². The number of nitrogens with one attached hydrogen (secondary N) is 1. The average Bonchev–Trinajstić information content (AvgIpc) is 3.16. The Morgan fingerprint density at radius 1 is 1.09 bits per heavy atom. The fourth-order valence-electron chi connectivity index (χ4n) is 4.39. The van der Waals surface area contributed by atoms with Crippen LogP contribution in [0.2, 0.25) is 0 Å². The molecule has 0 radical (unpaired) electrons. The molecular formula is C16H25N5O. The second-order valence-electron chi connectivity index (χ2n) is 6.99. The molecule has 3 heterocycles. The number of likely N-dealkylation sites (tertiary alicyclic amines) is 1. The number of rotatable bonds is 2. The van der Waals surface area contributed by atoms with Crippen LogP contribution in [0.3, 0.4) is 0 Å². The van der Waals surface area contributed by atoms with Gasteiger partial charge in [0, 0.05) is 26.1 Å². The molecule has 1 aromatic heterocycles. The zero-order valence-corrected chi connectivity index (χ0v) is 13.1. The summed E-state index contributed by atoms with van der Waals surface area (Å²) in [5.74, 6) is 3.55. The first-order valence-corrected chi connectivity index (χ1v) is 8.75. The van der Waals surface area contributed by atoms with Crippen molar-refractivity contribution in [3.8, 4) is 0 Å². The first-order chi connectivity index (χ1) is 10.8. The van der Waals surface area contributed by atoms with Gasteiger partial charge in [-0.15, -0.1) is 10.2 Å². The Morgan fingerprint density at radius 2 is 1.95 bits per heavy atom. The van der Waals surface area contributed by atoms with Gasteiger partial charge in [-0.25, -0.2) is 4.79 Å². The largest absolute Gasteiger partial charge is 0.331 e. The van der Waals surface area contributed by atoms with Gasteiger partial charge in [0.1, 0.15) is 5.82 Å². The zero-order chi connectivity index (χ0) is 14.9. The van der Waals surface area contributed by atoms with Crippen LogP contribution in [0.4, 0.5) is 4.79 Å². The normalized spacial score (nSPS) is 27.4. The number of aromatic nitrogens is 3. The molecule has 22 heavy (non-hydrogen) atoms. The monoisotopic (exact) mass is 303 g/mol. The van der Waals surface area contributed by atoms with Crippen molar-refractivity contribution in [2.45, 2.75) is 58.0 Å². The summed E-state index contributed by atoms with van der Waals surface area (Å²) in [6.07, 6.45) is 8.71. The summed E-state index contributed by atoms with van der Waals surface area (Å²) in [7, 11) is 0. The number of urea groups is 1. The van der Waals surface area contributed by atoms with Crippen LogP contribution in [0.15, 0.2) is 0 Å². The molecule has 4 rings (SSSR count). The van der Waals surface area contributed by atoms with E-state index in [1.54, 1.807) is 0 Å². The van der Waals surface area contributed by atoms with Crippen molar-refractivity contribution >= 4 is 6.03 Å². The molecule has 0 spiro atoms. The standard InChI is InChI=1S/C16H25N5O/c22-16(17-10-15-19-18-14-6-3-8-21(14)15)20-9-7-12-4-1-2-5-13(12)11-20/h12-13H,1-11H2,(H,17,22)/t12-,13+/m0/s1. The van der Waals surface area contributed by atoms with Crippen LogP contribution in [0.5, 0.6) is 0 Å². The second-order valence-corrected chi connectivity index (χ2v) is 6.99. The van der Waals surface area contributed by atoms with Crippen molar-refractivity contribution in [2.75, 3.05) is 13.1 Å². The van der Waals surface area contributed by atoms with Gasteiger partial charge >= 0.3 is 6.03 Å². The van der Waals surface area contributed by atoms with E-state index in [4.69, 9.17) is 0 Å². The van der Waals surface area contributed by atoms with E-state index in [0.717, 1.165) is 56.0 Å². The van der Waals surface area contributed by atoms with Crippen LogP contribution in [-0.4, -0.2) is 38.8 Å². The summed E-state index contributed by atoms with van der Waals surface area (Å²) in [4.78, 5) is 14.4. The maximum Gasteiger partial charge on any atom is 0.317 e. The molecular weight excluding hydrogens is 278 g/mol. The number of amides is 2. The molecule has 6 heteroatoms. The molecule has 1 saturated heterocycles. The first kappa shape index (κ1) is 14.0. The molecule has 0 bridgehead atoms. The molecule has 120 valence electrons. The highest BCUT2D eigenvalue weighted by Crippen LogP contribution is 2.35. The number of hydrogen-bond donors (Lipinski definition) is 1. The van der Waals surface area contributed by atoms with E-state index in [0.29, 0.717) is 6.54 Å². The predicted molar refractivity (Wildman–Crippen MR) is 82.2 cm³/mol. The number of aryl methyl sites for hydroxylation is 1. The molecule has 2 aliphatic heterocycles. The van der Waals surface area contributed by atoms with Gasteiger partial charge in [-0.2, -0.15) is 0 Å². The predicted octanol–water partition coefficient (Wildman–Crippen LogP) is 1.95. The molecule has 0 aromatic carbocycles. The summed E-state index contributed by atoms with van der Waals surface area (Å²) in [5.41, 5.74) is 0. The van der Waals surface area contributed by atoms with E-state index in [9.17, 15) is 4.79 Å². The van der Waals surface area contributed by atoms with Crippen molar-refractivity contribution in [1.82, 2.24) is 25.0 Å². The summed E-state index contributed by atoms with van der Waals surface area (Å²) in [6, 6.07) is 0.0689. The summed E-state index contributed by atoms with van der Waals surface area (Å²) in [6.45, 7) is 3.33. The fraction of sp³-hybridized carbons (Fsp3) is 0.812. The highest BCUT2D eigenvalue weighted by molar-refractivity contribution is 5.74. The maximum atomic E-state index is 12.4. The van der Waals surface area contributed by atoms with Crippen molar-refractivity contribution in [3.05, 3.63) is 11.6 Å². The number of hydrogen-bond acceptors (Lipinski definition) is 3. The van der Waals surface area contributed by atoms with Crippen molar-refractivity contribution in [2.24, 2.45) is 11.8 Å². The minimum Gasteiger partial charge on any atom is -0.331 e. The topological polar surface area (TPSA) is 63.1 Å². The van der Waals surface area contributed by atoms with Gasteiger partial charge in [-0.05, 0) is 31.1 Å². The molecule has 0 unspecified atom stereocenters. The average molecular weight is 303 g/mol. The van der Waals surface area contributed by atoms with Crippen LogP contribution in [0.25, 0.3) is 0 Å². The van der Waals surface area contributed by atoms with Gasteiger partial charge in [0.2, 0.25) is 0 Å². The Kier molecular flexibility index (Phi) is 3.76. The number of carbonyl (C=O) groups is 1. The molecule has 6 nitrogen and oxygen atoms in total. The lowest BCUT2D eigenvalue weighted by molar-refractivity contribution is 0.102. The van der Waals surface area contributed by atoms with E-state index in [1.165, 1.54) is 32.1 Å². The smallest absolute Gasteiger partial charge is 0.317 e. The molecule has 1 saturated carbocycles. The van der Waals surface area contributed by atoms with E-state index in [1.807, 2.05) is 4.90 Å². The third-order valence-electron chi connectivity index (χ3n) is 5.66. The van der Waals surface area contributed by atoms with E-state index >= 15 is 0 Å². The minimum atomic E-state index is 0.0689. The molecule has 1 aromatic rings. The van der Waals surface area contributed by atoms with Gasteiger partial charge in [0.25, 0.3) is 0 Å². The highest BCUT2D eigenvalue weighted by Gasteiger charge is 2.33. The van der Waals surface area contributed by atoms with Gasteiger partial charge in [0.05, 0.1) is 6.54 Å². The lowest BCUT2D eigenvalue weighted by atomic mass is 9.75. The van der Waals surface area contributed by atoms with Gasteiger partial charge in [0.15, 0.2) is 5.82 Å². The Hall–Kier alpha value is -1.59. The molecule has 2 atom stereocenters. The van der Waals surface area contributed by atoms with E-state index < -0.39 is 0 Å². The van der Waals surface area contributed by atoms with Gasteiger partial charge < -0.3 is 14.8 Å². The Labute approximate surface area is 131 Å². The molecule has 2 fully saturated rings. The number of fused-ring (bicyclic) bond motifs is 2. The third-order valence-corrected chi connectivity index (χ3v) is 5.66. The van der Waals surface area contributed by atoms with Crippen LogP contribution in [0.1, 0.15) is 50.2 Å². The van der Waals surface area contributed by atoms with Gasteiger partial charge in [-0.1, -0.05) is 19.3 Å². The van der Waals surface area contributed by atoms with Crippen LogP contribution in [0, 0.1) is 11.8 Å². The minimum absolute atomic E-state index is 0.0689. The summed E-state index contributed by atoms with van der Waals surface area (Å²) in [5, 5.41) is 11.4. The summed E-state index contributed by atoms with van der Waals surface area (Å²) < 4.78 is 2.15. The fourth-order valence-corrected chi connectivity index (χ4v) is 4.39. The number of piperidine rings is 1. The molecule has 2 amide bonds.